The summed E-state index contributed by atoms with van der Waals surface area (Å²) in [5.41, 5.74) is 2.15. The molecule has 0 radical (unpaired) electrons. The van der Waals surface area contributed by atoms with E-state index < -0.39 is 0 Å². The summed E-state index contributed by atoms with van der Waals surface area (Å²) in [5.74, 6) is 2.36. The van der Waals surface area contributed by atoms with E-state index in [0.717, 1.165) is 29.8 Å². The van der Waals surface area contributed by atoms with Crippen LogP contribution in [-0.4, -0.2) is 73.2 Å². The first-order valence-electron chi connectivity index (χ1n) is 11.7. The zero-order valence-corrected chi connectivity index (χ0v) is 19.4. The lowest BCUT2D eigenvalue weighted by Gasteiger charge is -2.40. The summed E-state index contributed by atoms with van der Waals surface area (Å²) in [5, 5.41) is 0. The Labute approximate surface area is 201 Å². The van der Waals surface area contributed by atoms with E-state index in [4.69, 9.17) is 18.9 Å². The first-order chi connectivity index (χ1) is 17.1. The number of amides is 1. The molecule has 2 fully saturated rings. The molecule has 35 heavy (non-hydrogen) atoms. The fourth-order valence-electron chi connectivity index (χ4n) is 4.97. The third kappa shape index (κ3) is 4.14. The lowest BCUT2D eigenvalue weighted by atomic mass is 9.99. The van der Waals surface area contributed by atoms with Crippen LogP contribution < -0.4 is 24.7 Å². The Kier molecular flexibility index (Phi) is 5.44. The van der Waals surface area contributed by atoms with Crippen molar-refractivity contribution in [2.75, 3.05) is 51.4 Å². The number of aromatic nitrogens is 2. The molecule has 2 saturated heterocycles. The van der Waals surface area contributed by atoms with E-state index >= 15 is 0 Å². The van der Waals surface area contributed by atoms with Gasteiger partial charge in [0, 0.05) is 44.2 Å². The number of nitrogens with zero attached hydrogens (tertiary/aromatic N) is 4. The largest absolute Gasteiger partial charge is 0.497 e. The number of carbonyl (C=O) groups is 1. The zero-order valence-electron chi connectivity index (χ0n) is 19.4. The predicted octanol–water partition coefficient (Wildman–Crippen LogP) is 2.13. The van der Waals surface area contributed by atoms with E-state index in [0.29, 0.717) is 56.0 Å². The molecule has 3 aliphatic rings. The summed E-state index contributed by atoms with van der Waals surface area (Å²) in [4.78, 5) is 33.2. The van der Waals surface area contributed by atoms with Gasteiger partial charge in [-0.05, 0) is 24.3 Å². The molecule has 3 aromatic rings. The van der Waals surface area contributed by atoms with Crippen LogP contribution in [0, 0.1) is 5.92 Å². The van der Waals surface area contributed by atoms with Gasteiger partial charge in [-0.25, -0.2) is 9.78 Å². The second-order valence-electron chi connectivity index (χ2n) is 9.09. The molecule has 1 aromatic heterocycles. The van der Waals surface area contributed by atoms with Crippen LogP contribution in [0.1, 0.15) is 0 Å². The Morgan fingerprint density at radius 1 is 1.00 bits per heavy atom. The molecule has 6 rings (SSSR count). The molecule has 2 aromatic carbocycles. The van der Waals surface area contributed by atoms with Crippen LogP contribution in [0.2, 0.25) is 0 Å². The molecule has 0 unspecified atom stereocenters. The average molecular weight is 479 g/mol. The van der Waals surface area contributed by atoms with Crippen molar-refractivity contribution in [3.63, 3.8) is 0 Å². The summed E-state index contributed by atoms with van der Waals surface area (Å²) in [6.07, 6.45) is 0.799. The number of hydrogen-bond donors (Lipinski definition) is 0. The fourth-order valence-corrected chi connectivity index (χ4v) is 4.97. The minimum absolute atomic E-state index is 0.121. The van der Waals surface area contributed by atoms with Crippen molar-refractivity contribution in [3.05, 3.63) is 52.9 Å². The first-order valence-corrected chi connectivity index (χ1v) is 11.7. The number of hydrogen-bond acceptors (Lipinski definition) is 8. The normalized spacial score (nSPS) is 20.1. The molecular weight excluding hydrogens is 452 g/mol. The summed E-state index contributed by atoms with van der Waals surface area (Å²) >= 11 is 0. The van der Waals surface area contributed by atoms with Crippen LogP contribution in [0.4, 0.5) is 10.5 Å². The topological polar surface area (TPSA) is 95.4 Å². The van der Waals surface area contributed by atoms with E-state index in [1.165, 1.54) is 6.20 Å². The predicted molar refractivity (Wildman–Crippen MR) is 128 cm³/mol. The summed E-state index contributed by atoms with van der Waals surface area (Å²) < 4.78 is 23.9. The number of cyclic esters (lactones) is 1. The quantitative estimate of drug-likeness (QED) is 0.532. The highest BCUT2D eigenvalue weighted by Gasteiger charge is 2.37. The number of methoxy groups -OCH3 is 1. The van der Waals surface area contributed by atoms with Crippen LogP contribution >= 0.6 is 0 Å². The van der Waals surface area contributed by atoms with Gasteiger partial charge >= 0.3 is 6.09 Å². The highest BCUT2D eigenvalue weighted by molar-refractivity contribution is 5.90. The number of fused-ring (bicyclic) bond motifs is 2. The smallest absolute Gasteiger partial charge is 0.414 e. The van der Waals surface area contributed by atoms with Gasteiger partial charge in [0.25, 0.3) is 5.56 Å². The number of rotatable bonds is 6. The summed E-state index contributed by atoms with van der Waals surface area (Å²) in [7, 11) is 1.61. The molecule has 0 aliphatic carbocycles. The van der Waals surface area contributed by atoms with Crippen molar-refractivity contribution in [2.45, 2.75) is 12.6 Å². The highest BCUT2D eigenvalue weighted by atomic mass is 16.6. The van der Waals surface area contributed by atoms with Crippen molar-refractivity contribution in [2.24, 2.45) is 5.92 Å². The Balaban J connectivity index is 1.07. The lowest BCUT2D eigenvalue weighted by Crippen LogP contribution is -2.52. The van der Waals surface area contributed by atoms with E-state index in [1.54, 1.807) is 16.6 Å². The third-order valence-electron chi connectivity index (χ3n) is 6.70. The number of ether oxygens (including phenoxy) is 4. The molecule has 0 saturated carbocycles. The molecule has 3 aliphatic heterocycles. The van der Waals surface area contributed by atoms with Gasteiger partial charge in [-0.2, -0.15) is 0 Å². The maximum Gasteiger partial charge on any atom is 0.414 e. The van der Waals surface area contributed by atoms with Crippen LogP contribution in [-0.2, 0) is 11.3 Å². The number of likely N-dealkylation sites (tertiary alicyclic amines) is 1. The van der Waals surface area contributed by atoms with Gasteiger partial charge in [-0.15, -0.1) is 0 Å². The van der Waals surface area contributed by atoms with Gasteiger partial charge in [0.15, 0.2) is 11.5 Å². The second kappa shape index (κ2) is 8.77. The van der Waals surface area contributed by atoms with Crippen molar-refractivity contribution >= 4 is 22.8 Å². The molecule has 0 bridgehead atoms. The average Bonchev–Trinajstić information content (AvgIpc) is 3.23. The van der Waals surface area contributed by atoms with Gasteiger partial charge in [0.05, 0.1) is 36.6 Å². The maximum atomic E-state index is 12.5. The van der Waals surface area contributed by atoms with E-state index in [1.807, 2.05) is 36.4 Å². The molecular formula is C25H26N4O6. The lowest BCUT2D eigenvalue weighted by molar-refractivity contribution is 0.0406. The maximum absolute atomic E-state index is 12.5. The third-order valence-corrected chi connectivity index (χ3v) is 6.70. The molecule has 10 heteroatoms. The standard InChI is InChI=1S/C25H26N4O6/c1-32-18-3-4-20-21(9-18)29(24(30)10-26-20)13-16-11-27(12-16)14-19-15-28(25(31)35-19)17-2-5-22-23(8-17)34-7-6-33-22/h2-5,8-10,16,19H,6-7,11-15H2,1H3/t19-/m1/s1. The van der Waals surface area contributed by atoms with Gasteiger partial charge < -0.3 is 23.5 Å². The molecule has 1 atom stereocenters. The molecule has 0 spiro atoms. The molecule has 182 valence electrons. The highest BCUT2D eigenvalue weighted by Crippen LogP contribution is 2.35. The summed E-state index contributed by atoms with van der Waals surface area (Å²) in [6.45, 7) is 4.43. The Hall–Kier alpha value is -3.79. The molecule has 10 nitrogen and oxygen atoms in total. The number of anilines is 1. The molecule has 4 heterocycles. The van der Waals surface area contributed by atoms with Gasteiger partial charge in [0.1, 0.15) is 25.1 Å². The minimum atomic E-state index is -0.354. The van der Waals surface area contributed by atoms with Crippen molar-refractivity contribution < 1.29 is 23.7 Å². The fraction of sp³-hybridized carbons (Fsp3) is 0.400. The van der Waals surface area contributed by atoms with Gasteiger partial charge in [-0.1, -0.05) is 0 Å². The van der Waals surface area contributed by atoms with Gasteiger partial charge in [-0.3, -0.25) is 14.6 Å². The molecule has 1 amide bonds. The van der Waals surface area contributed by atoms with E-state index in [9.17, 15) is 9.59 Å². The zero-order chi connectivity index (χ0) is 23.9. The molecule has 0 N–H and O–H groups in total. The van der Waals surface area contributed by atoms with Crippen LogP contribution in [0.5, 0.6) is 17.2 Å². The van der Waals surface area contributed by atoms with E-state index in [-0.39, 0.29) is 17.8 Å². The Morgan fingerprint density at radius 3 is 2.66 bits per heavy atom. The van der Waals surface area contributed by atoms with Crippen molar-refractivity contribution in [1.29, 1.82) is 0 Å². The second-order valence-corrected chi connectivity index (χ2v) is 9.09. The van der Waals surface area contributed by atoms with Crippen LogP contribution in [0.15, 0.2) is 47.4 Å². The first kappa shape index (κ1) is 21.7. The van der Waals surface area contributed by atoms with Crippen molar-refractivity contribution in [1.82, 2.24) is 14.5 Å². The Morgan fingerprint density at radius 2 is 1.83 bits per heavy atom. The van der Waals surface area contributed by atoms with Crippen LogP contribution in [0.3, 0.4) is 0 Å². The summed E-state index contributed by atoms with van der Waals surface area (Å²) in [6, 6.07) is 11.0. The SMILES string of the molecule is COc1ccc2ncc(=O)n(CC3CN(C[C@@H]4CN(c5ccc6c(c5)OCCO6)C(=O)O4)C3)c2c1. The van der Waals surface area contributed by atoms with Gasteiger partial charge in [0.2, 0.25) is 0 Å². The minimum Gasteiger partial charge on any atom is -0.497 e. The van der Waals surface area contributed by atoms with Crippen molar-refractivity contribution in [3.8, 4) is 17.2 Å². The number of benzene rings is 2. The Bertz CT molecular complexity index is 1340. The van der Waals surface area contributed by atoms with Crippen LogP contribution in [0.25, 0.3) is 11.0 Å². The monoisotopic (exact) mass is 478 g/mol. The number of carbonyl (C=O) groups excluding carboxylic acids is 1. The van der Waals surface area contributed by atoms with E-state index in [2.05, 4.69) is 9.88 Å².